The number of anilines is 2. The maximum atomic E-state index is 12.9. The number of hydrogen-bond donors (Lipinski definition) is 2. The lowest BCUT2D eigenvalue weighted by atomic mass is 9.96. The first kappa shape index (κ1) is 23.8. The van der Waals surface area contributed by atoms with E-state index in [2.05, 4.69) is 31.8 Å². The van der Waals surface area contributed by atoms with Crippen LogP contribution in [0.4, 0.5) is 11.5 Å². The zero-order valence-electron chi connectivity index (χ0n) is 20.5. The Balaban J connectivity index is 1.14. The van der Waals surface area contributed by atoms with Gasteiger partial charge in [0.2, 0.25) is 5.88 Å². The van der Waals surface area contributed by atoms with E-state index in [1.807, 2.05) is 6.07 Å². The molecule has 3 heterocycles. The van der Waals surface area contributed by atoms with Crippen LogP contribution in [-0.4, -0.2) is 31.4 Å². The topological polar surface area (TPSA) is 134 Å². The molecule has 0 bridgehead atoms. The minimum atomic E-state index is -0.459. The molecule has 0 unspecified atom stereocenters. The van der Waals surface area contributed by atoms with Crippen molar-refractivity contribution >= 4 is 29.0 Å². The number of nitrogens with one attached hydrogen (secondary N) is 2. The number of nitrogens with zero attached hydrogens (tertiary/aromatic N) is 5. The smallest absolute Gasteiger partial charge is 0.256 e. The van der Waals surface area contributed by atoms with E-state index in [0.29, 0.717) is 39.9 Å². The van der Waals surface area contributed by atoms with Crippen LogP contribution >= 0.6 is 0 Å². The molecule has 2 N–H and O–H groups in total. The van der Waals surface area contributed by atoms with Crippen LogP contribution in [0, 0.1) is 11.3 Å². The highest BCUT2D eigenvalue weighted by atomic mass is 16.5. The van der Waals surface area contributed by atoms with E-state index in [1.54, 1.807) is 85.3 Å². The molecule has 0 aliphatic heterocycles. The Labute approximate surface area is 222 Å². The van der Waals surface area contributed by atoms with Gasteiger partial charge in [0.1, 0.15) is 5.75 Å². The molecule has 10 heteroatoms. The highest BCUT2D eigenvalue weighted by Crippen LogP contribution is 2.47. The van der Waals surface area contributed by atoms with Gasteiger partial charge in [-0.1, -0.05) is 18.2 Å². The number of imidazole rings is 1. The molecule has 1 aliphatic rings. The highest BCUT2D eigenvalue weighted by Gasteiger charge is 2.45. The van der Waals surface area contributed by atoms with Gasteiger partial charge in [-0.15, -0.1) is 5.10 Å². The van der Waals surface area contributed by atoms with Crippen molar-refractivity contribution in [2.45, 2.75) is 18.3 Å². The Morgan fingerprint density at radius 1 is 0.923 bits per heavy atom. The first-order chi connectivity index (χ1) is 19.0. The minimum Gasteiger partial charge on any atom is -0.438 e. The fourth-order valence-electron chi connectivity index (χ4n) is 4.18. The second-order valence-electron chi connectivity index (χ2n) is 9.15. The number of carbonyl (C=O) groups excluding carboxylic acids is 2. The quantitative estimate of drug-likeness (QED) is 0.312. The van der Waals surface area contributed by atoms with Gasteiger partial charge in [0, 0.05) is 41.3 Å². The minimum absolute atomic E-state index is 0.276. The summed E-state index contributed by atoms with van der Waals surface area (Å²) in [6.45, 7) is 0. The summed E-state index contributed by atoms with van der Waals surface area (Å²) in [6.07, 6.45) is 6.30. The number of hydrogen-bond acceptors (Lipinski definition) is 7. The molecule has 6 rings (SSSR count). The number of fused-ring (bicyclic) bond motifs is 1. The fourth-order valence-corrected chi connectivity index (χ4v) is 4.18. The molecule has 2 aromatic carbocycles. The van der Waals surface area contributed by atoms with Crippen LogP contribution in [-0.2, 0) is 5.41 Å². The molecule has 10 nitrogen and oxygen atoms in total. The van der Waals surface area contributed by atoms with Gasteiger partial charge in [0.15, 0.2) is 11.5 Å². The lowest BCUT2D eigenvalue weighted by molar-refractivity contribution is 0.101. The van der Waals surface area contributed by atoms with Gasteiger partial charge in [-0.05, 0) is 60.9 Å². The van der Waals surface area contributed by atoms with Crippen LogP contribution < -0.4 is 15.4 Å². The van der Waals surface area contributed by atoms with E-state index in [9.17, 15) is 14.9 Å². The molecular weight excluding hydrogens is 494 g/mol. The molecule has 0 radical (unpaired) electrons. The number of aromatic nitrogens is 4. The molecule has 190 valence electrons. The lowest BCUT2D eigenvalue weighted by Gasteiger charge is -2.11. The van der Waals surface area contributed by atoms with Gasteiger partial charge in [-0.25, -0.2) is 9.50 Å². The van der Waals surface area contributed by atoms with E-state index in [4.69, 9.17) is 4.74 Å². The lowest BCUT2D eigenvalue weighted by Crippen LogP contribution is -2.13. The number of nitriles is 1. The van der Waals surface area contributed by atoms with Gasteiger partial charge < -0.3 is 15.4 Å². The summed E-state index contributed by atoms with van der Waals surface area (Å²) in [5, 5.41) is 19.5. The van der Waals surface area contributed by atoms with Crippen molar-refractivity contribution in [3.63, 3.8) is 0 Å². The number of carbonyl (C=O) groups is 2. The highest BCUT2D eigenvalue weighted by molar-refractivity contribution is 6.04. The van der Waals surface area contributed by atoms with Gasteiger partial charge >= 0.3 is 0 Å². The van der Waals surface area contributed by atoms with Gasteiger partial charge in [-0.3, -0.25) is 14.6 Å². The molecule has 3 aromatic heterocycles. The molecule has 1 saturated carbocycles. The molecule has 0 atom stereocenters. The summed E-state index contributed by atoms with van der Waals surface area (Å²) in [6, 6.07) is 23.1. The predicted octanol–water partition coefficient (Wildman–Crippen LogP) is 4.98. The van der Waals surface area contributed by atoms with Crippen LogP contribution in [0.25, 0.3) is 5.65 Å². The maximum Gasteiger partial charge on any atom is 0.256 e. The van der Waals surface area contributed by atoms with Gasteiger partial charge in [0.25, 0.3) is 11.8 Å². The predicted molar refractivity (Wildman–Crippen MR) is 143 cm³/mol. The van der Waals surface area contributed by atoms with E-state index < -0.39 is 5.41 Å². The number of rotatable bonds is 7. The molecule has 1 fully saturated rings. The van der Waals surface area contributed by atoms with Crippen LogP contribution in [0.5, 0.6) is 11.6 Å². The summed E-state index contributed by atoms with van der Waals surface area (Å²) in [4.78, 5) is 33.6. The van der Waals surface area contributed by atoms with Crippen molar-refractivity contribution < 1.29 is 14.3 Å². The summed E-state index contributed by atoms with van der Waals surface area (Å²) in [5.74, 6) is 0.537. The average Bonchev–Trinajstić information content (AvgIpc) is 3.67. The summed E-state index contributed by atoms with van der Waals surface area (Å²) in [7, 11) is 0. The average molecular weight is 516 g/mol. The standard InChI is InChI=1S/C29H21N7O3/c30-18-29(11-12-29)21-4-1-3-20(15-21)28(38)32-22-5-2-6-23(16-22)39-26-8-7-25-33-24(17-36(25)35-26)34-27(37)19-9-13-31-14-10-19/h1-10,13-17H,11-12H2,(H,32,38)(H,34,37). The SMILES string of the molecule is N#CC1(c2cccc(C(=O)Nc3cccc(Oc4ccc5nc(NC(=O)c6ccncc6)cn5n4)c3)c2)CC1. The Kier molecular flexibility index (Phi) is 5.93. The normalized spacial score (nSPS) is 13.3. The second kappa shape index (κ2) is 9.72. The Bertz CT molecular complexity index is 1750. The number of ether oxygens (including phenoxy) is 1. The van der Waals surface area contributed by atoms with Crippen molar-refractivity contribution in [1.82, 2.24) is 19.6 Å². The molecule has 5 aromatic rings. The van der Waals surface area contributed by atoms with Crippen LogP contribution in [0.2, 0.25) is 0 Å². The van der Waals surface area contributed by atoms with E-state index in [1.165, 1.54) is 4.52 Å². The molecule has 0 saturated heterocycles. The first-order valence-corrected chi connectivity index (χ1v) is 12.2. The maximum absolute atomic E-state index is 12.9. The molecule has 39 heavy (non-hydrogen) atoms. The zero-order chi connectivity index (χ0) is 26.8. The van der Waals surface area contributed by atoms with Crippen molar-refractivity contribution in [1.29, 1.82) is 5.26 Å². The van der Waals surface area contributed by atoms with Gasteiger partial charge in [-0.2, -0.15) is 5.26 Å². The summed E-state index contributed by atoms with van der Waals surface area (Å²) >= 11 is 0. The molecule has 1 aliphatic carbocycles. The van der Waals surface area contributed by atoms with Crippen molar-refractivity contribution in [2.75, 3.05) is 10.6 Å². The van der Waals surface area contributed by atoms with E-state index >= 15 is 0 Å². The molecular formula is C29H21N7O3. The Morgan fingerprint density at radius 3 is 2.51 bits per heavy atom. The van der Waals surface area contributed by atoms with Crippen molar-refractivity contribution in [3.05, 3.63) is 108 Å². The monoisotopic (exact) mass is 515 g/mol. The fraction of sp³-hybridized carbons (Fsp3) is 0.103. The van der Waals surface area contributed by atoms with Crippen molar-refractivity contribution in [3.8, 4) is 17.7 Å². The third-order valence-electron chi connectivity index (χ3n) is 6.44. The van der Waals surface area contributed by atoms with Gasteiger partial charge in [0.05, 0.1) is 17.7 Å². The zero-order valence-corrected chi connectivity index (χ0v) is 20.5. The largest absolute Gasteiger partial charge is 0.438 e. The number of amides is 2. The third-order valence-corrected chi connectivity index (χ3v) is 6.44. The number of benzene rings is 2. The van der Waals surface area contributed by atoms with Crippen LogP contribution in [0.3, 0.4) is 0 Å². The van der Waals surface area contributed by atoms with Crippen molar-refractivity contribution in [2.24, 2.45) is 0 Å². The molecule has 2 amide bonds. The third kappa shape index (κ3) is 5.01. The Morgan fingerprint density at radius 2 is 1.72 bits per heavy atom. The summed E-state index contributed by atoms with van der Waals surface area (Å²) < 4.78 is 7.42. The Hall–Kier alpha value is -5.56. The van der Waals surface area contributed by atoms with Crippen LogP contribution in [0.1, 0.15) is 39.1 Å². The van der Waals surface area contributed by atoms with E-state index in [-0.39, 0.29) is 11.8 Å². The second-order valence-corrected chi connectivity index (χ2v) is 9.15. The van der Waals surface area contributed by atoms with E-state index in [0.717, 1.165) is 18.4 Å². The number of pyridine rings is 1. The molecule has 0 spiro atoms. The summed E-state index contributed by atoms with van der Waals surface area (Å²) in [5.41, 5.74) is 2.44. The van der Waals surface area contributed by atoms with Crippen LogP contribution in [0.15, 0.2) is 91.4 Å². The first-order valence-electron chi connectivity index (χ1n) is 12.2.